The Morgan fingerprint density at radius 3 is 2.58 bits per heavy atom. The van der Waals surface area contributed by atoms with Gasteiger partial charge in [-0.1, -0.05) is 41.1 Å². The van der Waals surface area contributed by atoms with E-state index in [0.717, 1.165) is 16.7 Å². The van der Waals surface area contributed by atoms with E-state index in [0.29, 0.717) is 17.1 Å². The molecule has 132 valence electrons. The molecule has 0 unspecified atom stereocenters. The van der Waals surface area contributed by atoms with Crippen molar-refractivity contribution in [2.45, 2.75) is 20.3 Å². The number of nitrogens with one attached hydrogen (secondary N) is 1. The predicted octanol–water partition coefficient (Wildman–Crippen LogP) is 4.05. The monoisotopic (exact) mass is 351 g/mol. The molecule has 0 spiro atoms. The summed E-state index contributed by atoms with van der Waals surface area (Å²) in [5.74, 6) is 0.261. The quantitative estimate of drug-likeness (QED) is 0.552. The number of anilines is 1. The highest BCUT2D eigenvalue weighted by Gasteiger charge is 2.14. The Bertz CT molecular complexity index is 961. The van der Waals surface area contributed by atoms with E-state index in [1.54, 1.807) is 19.1 Å². The van der Waals surface area contributed by atoms with E-state index in [4.69, 9.17) is 4.52 Å². The normalized spacial score (nSPS) is 10.5. The maximum atomic E-state index is 12.2. The van der Waals surface area contributed by atoms with Crippen LogP contribution in [0.5, 0.6) is 0 Å². The SMILES string of the molecule is Cc1ccc(-c2cc(CC(=O)Nc3cc([N+](=O)[O-])ccc3C)no2)cc1. The van der Waals surface area contributed by atoms with Crippen molar-refractivity contribution in [1.82, 2.24) is 5.16 Å². The van der Waals surface area contributed by atoms with E-state index in [1.165, 1.54) is 12.1 Å². The van der Waals surface area contributed by atoms with Gasteiger partial charge >= 0.3 is 0 Å². The lowest BCUT2D eigenvalue weighted by molar-refractivity contribution is -0.384. The van der Waals surface area contributed by atoms with Crippen LogP contribution < -0.4 is 5.32 Å². The molecule has 0 aliphatic heterocycles. The van der Waals surface area contributed by atoms with Gasteiger partial charge in [-0.05, 0) is 19.4 Å². The molecule has 26 heavy (non-hydrogen) atoms. The van der Waals surface area contributed by atoms with Gasteiger partial charge < -0.3 is 9.84 Å². The number of nitrogens with zero attached hydrogens (tertiary/aromatic N) is 2. The fourth-order valence-corrected chi connectivity index (χ4v) is 2.47. The van der Waals surface area contributed by atoms with E-state index in [-0.39, 0.29) is 18.0 Å². The van der Waals surface area contributed by atoms with Crippen molar-refractivity contribution >= 4 is 17.3 Å². The number of nitro groups is 1. The van der Waals surface area contributed by atoms with Crippen LogP contribution in [0.4, 0.5) is 11.4 Å². The first kappa shape index (κ1) is 17.3. The van der Waals surface area contributed by atoms with Gasteiger partial charge in [0.2, 0.25) is 5.91 Å². The highest BCUT2D eigenvalue weighted by Crippen LogP contribution is 2.23. The number of aromatic nitrogens is 1. The minimum Gasteiger partial charge on any atom is -0.356 e. The maximum Gasteiger partial charge on any atom is 0.271 e. The molecule has 0 aliphatic rings. The van der Waals surface area contributed by atoms with Crippen molar-refractivity contribution in [1.29, 1.82) is 0 Å². The van der Waals surface area contributed by atoms with Crippen LogP contribution in [0.2, 0.25) is 0 Å². The highest BCUT2D eigenvalue weighted by atomic mass is 16.6. The number of carbonyl (C=O) groups excluding carboxylic acids is 1. The average Bonchev–Trinajstić information content (AvgIpc) is 3.05. The van der Waals surface area contributed by atoms with Crippen molar-refractivity contribution in [2.75, 3.05) is 5.32 Å². The molecule has 7 heteroatoms. The lowest BCUT2D eigenvalue weighted by Crippen LogP contribution is -2.15. The Morgan fingerprint density at radius 1 is 1.15 bits per heavy atom. The highest BCUT2D eigenvalue weighted by molar-refractivity contribution is 5.93. The van der Waals surface area contributed by atoms with Crippen molar-refractivity contribution in [3.63, 3.8) is 0 Å². The molecule has 7 nitrogen and oxygen atoms in total. The molecule has 3 rings (SSSR count). The Kier molecular flexibility index (Phi) is 4.79. The second kappa shape index (κ2) is 7.18. The number of benzene rings is 2. The molecule has 3 aromatic rings. The largest absolute Gasteiger partial charge is 0.356 e. The third-order valence-corrected chi connectivity index (χ3v) is 3.94. The van der Waals surface area contributed by atoms with Crippen LogP contribution in [0.15, 0.2) is 53.1 Å². The second-order valence-corrected chi connectivity index (χ2v) is 6.03. The Labute approximate surface area is 149 Å². The molecule has 0 saturated carbocycles. The predicted molar refractivity (Wildman–Crippen MR) is 96.8 cm³/mol. The van der Waals surface area contributed by atoms with Crippen molar-refractivity contribution in [3.05, 3.63) is 75.5 Å². The van der Waals surface area contributed by atoms with Crippen LogP contribution in [0, 0.1) is 24.0 Å². The molecule has 0 radical (unpaired) electrons. The Morgan fingerprint density at radius 2 is 1.88 bits per heavy atom. The van der Waals surface area contributed by atoms with E-state index in [2.05, 4.69) is 10.5 Å². The fourth-order valence-electron chi connectivity index (χ4n) is 2.47. The maximum absolute atomic E-state index is 12.2. The standard InChI is InChI=1S/C19H17N3O4/c1-12-3-6-14(7-4-12)18-9-15(21-26-18)10-19(23)20-17-11-16(22(24)25)8-5-13(17)2/h3-9,11H,10H2,1-2H3,(H,20,23). The molecule has 1 amide bonds. The second-order valence-electron chi connectivity index (χ2n) is 6.03. The molecule has 1 N–H and O–H groups in total. The van der Waals surface area contributed by atoms with E-state index in [1.807, 2.05) is 31.2 Å². The van der Waals surface area contributed by atoms with Gasteiger partial charge in [-0.2, -0.15) is 0 Å². The topological polar surface area (TPSA) is 98.3 Å². The van der Waals surface area contributed by atoms with E-state index < -0.39 is 4.92 Å². The number of amides is 1. The molecule has 1 heterocycles. The zero-order valence-electron chi connectivity index (χ0n) is 14.4. The number of aryl methyl sites for hydroxylation is 2. The van der Waals surface area contributed by atoms with Crippen LogP contribution in [0.25, 0.3) is 11.3 Å². The summed E-state index contributed by atoms with van der Waals surface area (Å²) in [7, 11) is 0. The Balaban J connectivity index is 1.70. The van der Waals surface area contributed by atoms with Crippen molar-refractivity contribution < 1.29 is 14.2 Å². The van der Waals surface area contributed by atoms with Gasteiger partial charge in [-0.15, -0.1) is 0 Å². The average molecular weight is 351 g/mol. The minimum absolute atomic E-state index is 0.0114. The summed E-state index contributed by atoms with van der Waals surface area (Å²) in [4.78, 5) is 22.6. The number of hydrogen-bond acceptors (Lipinski definition) is 5. The minimum atomic E-state index is -0.499. The summed E-state index contributed by atoms with van der Waals surface area (Å²) < 4.78 is 5.30. The summed E-state index contributed by atoms with van der Waals surface area (Å²) in [6, 6.07) is 13.8. The number of rotatable bonds is 5. The molecule has 0 fully saturated rings. The number of non-ortho nitro benzene ring substituents is 1. The van der Waals surface area contributed by atoms with Gasteiger partial charge in [-0.25, -0.2) is 0 Å². The third kappa shape index (κ3) is 3.94. The van der Waals surface area contributed by atoms with Crippen LogP contribution in [0.1, 0.15) is 16.8 Å². The zero-order chi connectivity index (χ0) is 18.7. The van der Waals surface area contributed by atoms with Gasteiger partial charge in [0.1, 0.15) is 0 Å². The van der Waals surface area contributed by atoms with Crippen LogP contribution in [0.3, 0.4) is 0 Å². The van der Waals surface area contributed by atoms with Crippen LogP contribution in [-0.4, -0.2) is 16.0 Å². The number of hydrogen-bond donors (Lipinski definition) is 1. The van der Waals surface area contributed by atoms with Crippen molar-refractivity contribution in [2.24, 2.45) is 0 Å². The van der Waals surface area contributed by atoms with E-state index >= 15 is 0 Å². The third-order valence-electron chi connectivity index (χ3n) is 3.94. The molecule has 0 bridgehead atoms. The van der Waals surface area contributed by atoms with Crippen LogP contribution >= 0.6 is 0 Å². The van der Waals surface area contributed by atoms with Crippen LogP contribution in [-0.2, 0) is 11.2 Å². The molecular formula is C19H17N3O4. The van der Waals surface area contributed by atoms with Gasteiger partial charge in [0.25, 0.3) is 5.69 Å². The molecule has 0 atom stereocenters. The summed E-state index contributed by atoms with van der Waals surface area (Å²) in [6.45, 7) is 3.76. The lowest BCUT2D eigenvalue weighted by Gasteiger charge is -2.07. The van der Waals surface area contributed by atoms with Crippen molar-refractivity contribution in [3.8, 4) is 11.3 Å². The lowest BCUT2D eigenvalue weighted by atomic mass is 10.1. The molecule has 1 aromatic heterocycles. The zero-order valence-corrected chi connectivity index (χ0v) is 14.4. The number of nitro benzene ring substituents is 1. The summed E-state index contributed by atoms with van der Waals surface area (Å²) in [5, 5.41) is 17.5. The van der Waals surface area contributed by atoms with Gasteiger partial charge in [-0.3, -0.25) is 14.9 Å². The molecule has 0 aliphatic carbocycles. The summed E-state index contributed by atoms with van der Waals surface area (Å²) in [6.07, 6.45) is 0.0114. The van der Waals surface area contributed by atoms with Gasteiger partial charge in [0.15, 0.2) is 5.76 Å². The number of carbonyl (C=O) groups is 1. The molecule has 2 aromatic carbocycles. The fraction of sp³-hybridized carbons (Fsp3) is 0.158. The summed E-state index contributed by atoms with van der Waals surface area (Å²) >= 11 is 0. The molecule has 0 saturated heterocycles. The van der Waals surface area contributed by atoms with Gasteiger partial charge in [0, 0.05) is 23.8 Å². The first-order valence-corrected chi connectivity index (χ1v) is 8.00. The molecular weight excluding hydrogens is 334 g/mol. The van der Waals surface area contributed by atoms with E-state index in [9.17, 15) is 14.9 Å². The first-order chi connectivity index (χ1) is 12.4. The van der Waals surface area contributed by atoms with Gasteiger partial charge in [0.05, 0.1) is 22.7 Å². The summed E-state index contributed by atoms with van der Waals surface area (Å²) in [5.41, 5.74) is 3.58. The smallest absolute Gasteiger partial charge is 0.271 e. The first-order valence-electron chi connectivity index (χ1n) is 8.00. The Hall–Kier alpha value is -3.48.